The molecule has 6 heteroatoms. The van der Waals surface area contributed by atoms with E-state index in [4.69, 9.17) is 9.15 Å². The van der Waals surface area contributed by atoms with Gasteiger partial charge in [0.2, 0.25) is 0 Å². The van der Waals surface area contributed by atoms with Crippen LogP contribution in [0.15, 0.2) is 44.9 Å². The van der Waals surface area contributed by atoms with E-state index in [9.17, 15) is 14.7 Å². The monoisotopic (exact) mass is 356 g/mol. The molecular weight excluding hydrogens is 340 g/mol. The molecule has 25 heavy (non-hydrogen) atoms. The molecule has 1 aromatic carbocycles. The molecule has 3 rings (SSSR count). The van der Waals surface area contributed by atoms with Gasteiger partial charge in [0.1, 0.15) is 17.9 Å². The number of aromatic hydroxyl groups is 1. The van der Waals surface area contributed by atoms with Crippen molar-refractivity contribution in [1.82, 2.24) is 0 Å². The van der Waals surface area contributed by atoms with E-state index in [2.05, 4.69) is 0 Å². The fourth-order valence-electron chi connectivity index (χ4n) is 2.43. The molecule has 0 atom stereocenters. The molecule has 0 aliphatic carbocycles. The highest BCUT2D eigenvalue weighted by Gasteiger charge is 2.12. The van der Waals surface area contributed by atoms with Gasteiger partial charge in [-0.1, -0.05) is 0 Å². The molecule has 0 aliphatic rings. The molecular formula is C19H16O5S. The van der Waals surface area contributed by atoms with Gasteiger partial charge in [-0.15, -0.1) is 11.3 Å². The van der Waals surface area contributed by atoms with Gasteiger partial charge in [0.05, 0.1) is 0 Å². The van der Waals surface area contributed by atoms with Gasteiger partial charge in [-0.05, 0) is 49.1 Å². The van der Waals surface area contributed by atoms with Crippen LogP contribution in [0.3, 0.4) is 0 Å². The van der Waals surface area contributed by atoms with Gasteiger partial charge in [-0.25, -0.2) is 9.59 Å². The minimum Gasteiger partial charge on any atom is -0.508 e. The number of hydrogen-bond acceptors (Lipinski definition) is 6. The van der Waals surface area contributed by atoms with Crippen LogP contribution in [0.2, 0.25) is 0 Å². The highest BCUT2D eigenvalue weighted by molar-refractivity contribution is 7.11. The van der Waals surface area contributed by atoms with E-state index in [-0.39, 0.29) is 12.4 Å². The second-order valence-electron chi connectivity index (χ2n) is 5.59. The van der Waals surface area contributed by atoms with Crippen LogP contribution in [-0.2, 0) is 16.1 Å². The van der Waals surface area contributed by atoms with Crippen LogP contribution < -0.4 is 5.63 Å². The lowest BCUT2D eigenvalue weighted by Crippen LogP contribution is -2.06. The summed E-state index contributed by atoms with van der Waals surface area (Å²) in [7, 11) is 0. The van der Waals surface area contributed by atoms with Crippen molar-refractivity contribution in [2.45, 2.75) is 20.5 Å². The Kier molecular flexibility index (Phi) is 4.72. The minimum atomic E-state index is -0.558. The molecule has 0 amide bonds. The summed E-state index contributed by atoms with van der Waals surface area (Å²) in [4.78, 5) is 24.6. The molecule has 0 radical (unpaired) electrons. The molecule has 0 fully saturated rings. The van der Waals surface area contributed by atoms with Gasteiger partial charge in [-0.2, -0.15) is 0 Å². The standard InChI is InChI=1S/C19H16O5S/c1-11-7-8-25-16(11)5-6-17(21)23-10-13-9-18(22)24-19-12(2)15(20)4-3-14(13)19/h3-9,20H,10H2,1-2H3/b6-5+. The Morgan fingerprint density at radius 2 is 2.12 bits per heavy atom. The lowest BCUT2D eigenvalue weighted by atomic mass is 10.1. The Labute approximate surface area is 147 Å². The summed E-state index contributed by atoms with van der Waals surface area (Å²) in [5.41, 5.74) is 1.83. The zero-order valence-corrected chi connectivity index (χ0v) is 14.6. The molecule has 128 valence electrons. The first kappa shape index (κ1) is 17.0. The Morgan fingerprint density at radius 1 is 1.32 bits per heavy atom. The summed E-state index contributed by atoms with van der Waals surface area (Å²) < 4.78 is 10.4. The van der Waals surface area contributed by atoms with Crippen molar-refractivity contribution in [3.63, 3.8) is 0 Å². The van der Waals surface area contributed by atoms with Crippen LogP contribution in [0.1, 0.15) is 21.6 Å². The summed E-state index contributed by atoms with van der Waals surface area (Å²) in [6, 6.07) is 6.42. The average molecular weight is 356 g/mol. The first-order chi connectivity index (χ1) is 12.0. The molecule has 0 saturated carbocycles. The number of esters is 1. The summed E-state index contributed by atoms with van der Waals surface area (Å²) in [6.07, 6.45) is 3.07. The molecule has 0 bridgehead atoms. The SMILES string of the molecule is Cc1ccsc1/C=C/C(=O)OCc1cc(=O)oc2c(C)c(O)ccc12. The predicted octanol–water partition coefficient (Wildman–Crippen LogP) is 3.93. The number of fused-ring (bicyclic) bond motifs is 1. The summed E-state index contributed by atoms with van der Waals surface area (Å²) >= 11 is 1.54. The molecule has 2 heterocycles. The fraction of sp³-hybridized carbons (Fsp3) is 0.158. The van der Waals surface area contributed by atoms with Crippen LogP contribution in [0.4, 0.5) is 0 Å². The number of phenolic OH excluding ortho intramolecular Hbond substituents is 1. The average Bonchev–Trinajstić information content (AvgIpc) is 2.99. The van der Waals surface area contributed by atoms with E-state index in [1.807, 2.05) is 18.4 Å². The van der Waals surface area contributed by atoms with Crippen LogP contribution in [0, 0.1) is 13.8 Å². The lowest BCUT2D eigenvalue weighted by Gasteiger charge is -2.08. The van der Waals surface area contributed by atoms with Crippen LogP contribution in [0.25, 0.3) is 17.0 Å². The van der Waals surface area contributed by atoms with Gasteiger partial charge >= 0.3 is 11.6 Å². The fourth-order valence-corrected chi connectivity index (χ4v) is 3.25. The molecule has 0 spiro atoms. The number of benzene rings is 1. The van der Waals surface area contributed by atoms with Crippen molar-refractivity contribution in [3.8, 4) is 5.75 Å². The first-order valence-corrected chi connectivity index (χ1v) is 8.48. The minimum absolute atomic E-state index is 0.0408. The molecule has 3 aromatic rings. The molecule has 2 aromatic heterocycles. The largest absolute Gasteiger partial charge is 0.508 e. The van der Waals surface area contributed by atoms with E-state index in [1.165, 1.54) is 18.2 Å². The van der Waals surface area contributed by atoms with E-state index in [0.29, 0.717) is 22.1 Å². The first-order valence-electron chi connectivity index (χ1n) is 7.60. The molecule has 5 nitrogen and oxygen atoms in total. The maximum absolute atomic E-state index is 11.9. The van der Waals surface area contributed by atoms with Crippen molar-refractivity contribution >= 4 is 34.4 Å². The van der Waals surface area contributed by atoms with E-state index in [0.717, 1.165) is 10.4 Å². The number of thiophene rings is 1. The third-order valence-corrected chi connectivity index (χ3v) is 4.84. The zero-order chi connectivity index (χ0) is 18.0. The van der Waals surface area contributed by atoms with Crippen molar-refractivity contribution in [2.24, 2.45) is 0 Å². The maximum atomic E-state index is 11.9. The summed E-state index contributed by atoms with van der Waals surface area (Å²) in [5.74, 6) is -0.455. The van der Waals surface area contributed by atoms with Gasteiger partial charge in [0.15, 0.2) is 0 Å². The second kappa shape index (κ2) is 6.94. The third-order valence-electron chi connectivity index (χ3n) is 3.86. The van der Waals surface area contributed by atoms with Gasteiger partial charge < -0.3 is 14.3 Å². The Morgan fingerprint density at radius 3 is 2.84 bits per heavy atom. The molecule has 0 aliphatic heterocycles. The van der Waals surface area contributed by atoms with E-state index >= 15 is 0 Å². The van der Waals surface area contributed by atoms with Crippen LogP contribution in [-0.4, -0.2) is 11.1 Å². The summed E-state index contributed by atoms with van der Waals surface area (Å²) in [5, 5.41) is 12.3. The third kappa shape index (κ3) is 3.64. The molecule has 0 unspecified atom stereocenters. The Hall–Kier alpha value is -2.86. The van der Waals surface area contributed by atoms with E-state index < -0.39 is 11.6 Å². The second-order valence-corrected chi connectivity index (χ2v) is 6.53. The summed E-state index contributed by atoms with van der Waals surface area (Å²) in [6.45, 7) is 3.57. The number of carbonyl (C=O) groups is 1. The number of aryl methyl sites for hydroxylation is 2. The number of hydrogen-bond donors (Lipinski definition) is 1. The number of rotatable bonds is 4. The topological polar surface area (TPSA) is 76.7 Å². The lowest BCUT2D eigenvalue weighted by molar-refractivity contribution is -0.138. The van der Waals surface area contributed by atoms with Crippen molar-refractivity contribution < 1.29 is 19.1 Å². The highest BCUT2D eigenvalue weighted by atomic mass is 32.1. The Bertz CT molecular complexity index is 1030. The number of ether oxygens (including phenoxy) is 1. The van der Waals surface area contributed by atoms with Gasteiger partial charge in [0.25, 0.3) is 0 Å². The predicted molar refractivity (Wildman–Crippen MR) is 96.8 cm³/mol. The van der Waals surface area contributed by atoms with E-state index in [1.54, 1.807) is 30.4 Å². The number of phenols is 1. The molecule has 1 N–H and O–H groups in total. The Balaban J connectivity index is 1.80. The number of carbonyl (C=O) groups excluding carboxylic acids is 1. The van der Waals surface area contributed by atoms with Crippen molar-refractivity contribution in [2.75, 3.05) is 0 Å². The van der Waals surface area contributed by atoms with Crippen molar-refractivity contribution in [1.29, 1.82) is 0 Å². The maximum Gasteiger partial charge on any atom is 0.336 e. The normalized spacial score (nSPS) is 11.3. The highest BCUT2D eigenvalue weighted by Crippen LogP contribution is 2.27. The van der Waals surface area contributed by atoms with Gasteiger partial charge in [-0.3, -0.25) is 0 Å². The zero-order valence-electron chi connectivity index (χ0n) is 13.7. The smallest absolute Gasteiger partial charge is 0.336 e. The van der Waals surface area contributed by atoms with Crippen LogP contribution in [0.5, 0.6) is 5.75 Å². The van der Waals surface area contributed by atoms with Crippen molar-refractivity contribution in [3.05, 3.63) is 67.7 Å². The van der Waals surface area contributed by atoms with Crippen LogP contribution >= 0.6 is 11.3 Å². The quantitative estimate of drug-likeness (QED) is 0.435. The van der Waals surface area contributed by atoms with Gasteiger partial charge in [0, 0.05) is 33.5 Å². The molecule has 0 saturated heterocycles.